The predicted octanol–water partition coefficient (Wildman–Crippen LogP) is 2.76. The summed E-state index contributed by atoms with van der Waals surface area (Å²) in [5, 5.41) is 3.07. The van der Waals surface area contributed by atoms with Crippen LogP contribution in [0.4, 0.5) is 4.39 Å². The molecule has 1 aromatic rings. The van der Waals surface area contributed by atoms with Crippen LogP contribution in [0.3, 0.4) is 0 Å². The number of halogens is 2. The second-order valence-corrected chi connectivity index (χ2v) is 3.30. The highest BCUT2D eigenvalue weighted by Gasteiger charge is 2.14. The maximum Gasteiger partial charge on any atom is 0.146 e. The number of nitrogens with one attached hydrogen (secondary N) is 1. The van der Waals surface area contributed by atoms with Crippen molar-refractivity contribution >= 4 is 11.6 Å². The highest BCUT2D eigenvalue weighted by atomic mass is 35.5. The Labute approximate surface area is 88.3 Å². The van der Waals surface area contributed by atoms with E-state index in [4.69, 9.17) is 18.0 Å². The van der Waals surface area contributed by atoms with Gasteiger partial charge < -0.3 is 5.32 Å². The summed E-state index contributed by atoms with van der Waals surface area (Å²) >= 11 is 5.66. The molecule has 0 fully saturated rings. The zero-order chi connectivity index (χ0) is 10.6. The number of rotatable bonds is 3. The minimum absolute atomic E-state index is 0.125. The molecule has 0 aliphatic rings. The minimum Gasteiger partial charge on any atom is -0.312 e. The highest BCUT2D eigenvalue weighted by molar-refractivity contribution is 6.30. The van der Waals surface area contributed by atoms with E-state index in [0.717, 1.165) is 0 Å². The van der Waals surface area contributed by atoms with Crippen molar-refractivity contribution < 1.29 is 4.39 Å². The summed E-state index contributed by atoms with van der Waals surface area (Å²) in [5.74, 6) is 2.09. The van der Waals surface area contributed by atoms with Gasteiger partial charge in [0.05, 0.1) is 5.02 Å². The van der Waals surface area contributed by atoms with Gasteiger partial charge in [0, 0.05) is 18.0 Å². The number of hydrogen-bond donors (Lipinski definition) is 1. The molecule has 0 aromatic heterocycles. The average Bonchev–Trinajstić information content (AvgIpc) is 2.19. The third kappa shape index (κ3) is 2.25. The van der Waals surface area contributed by atoms with E-state index in [1.54, 1.807) is 19.2 Å². The van der Waals surface area contributed by atoms with Crippen LogP contribution in [0.2, 0.25) is 5.02 Å². The van der Waals surface area contributed by atoms with Gasteiger partial charge in [-0.3, -0.25) is 0 Å². The fourth-order valence-electron chi connectivity index (χ4n) is 1.27. The quantitative estimate of drug-likeness (QED) is 0.759. The third-order valence-corrected chi connectivity index (χ3v) is 2.32. The van der Waals surface area contributed by atoms with Crippen molar-refractivity contribution in [3.05, 3.63) is 34.6 Å². The molecule has 1 aromatic carbocycles. The van der Waals surface area contributed by atoms with E-state index in [-0.39, 0.29) is 11.1 Å². The summed E-state index contributed by atoms with van der Waals surface area (Å²) in [6, 6.07) is 4.73. The Morgan fingerprint density at radius 1 is 1.64 bits per heavy atom. The van der Waals surface area contributed by atoms with Gasteiger partial charge in [0.1, 0.15) is 5.82 Å². The summed E-state index contributed by atoms with van der Waals surface area (Å²) < 4.78 is 13.5. The summed E-state index contributed by atoms with van der Waals surface area (Å²) in [6.45, 7) is 0. The minimum atomic E-state index is -0.399. The summed E-state index contributed by atoms with van der Waals surface area (Å²) in [6.07, 6.45) is 5.62. The van der Waals surface area contributed by atoms with E-state index in [1.165, 1.54) is 6.07 Å². The number of benzene rings is 1. The van der Waals surface area contributed by atoms with E-state index >= 15 is 0 Å². The van der Waals surface area contributed by atoms with Crippen molar-refractivity contribution in [2.45, 2.75) is 12.5 Å². The Hall–Kier alpha value is -1.04. The fraction of sp³-hybridized carbons (Fsp3) is 0.273. The summed E-state index contributed by atoms with van der Waals surface area (Å²) in [5.41, 5.74) is 0.512. The second-order valence-electron chi connectivity index (χ2n) is 2.89. The van der Waals surface area contributed by atoms with Gasteiger partial charge in [0.25, 0.3) is 0 Å². The lowest BCUT2D eigenvalue weighted by molar-refractivity contribution is 0.544. The molecule has 1 N–H and O–H groups in total. The molecular formula is C11H11ClFN. The van der Waals surface area contributed by atoms with Crippen LogP contribution < -0.4 is 5.32 Å². The first-order valence-electron chi connectivity index (χ1n) is 4.25. The normalized spacial score (nSPS) is 12.1. The molecule has 0 heterocycles. The van der Waals surface area contributed by atoms with Crippen LogP contribution in [0, 0.1) is 18.2 Å². The summed E-state index contributed by atoms with van der Waals surface area (Å²) in [4.78, 5) is 0. The molecule has 0 spiro atoms. The van der Waals surface area contributed by atoms with Gasteiger partial charge >= 0.3 is 0 Å². The lowest BCUT2D eigenvalue weighted by atomic mass is 10.0. The van der Waals surface area contributed by atoms with Crippen LogP contribution in [0.1, 0.15) is 18.0 Å². The van der Waals surface area contributed by atoms with E-state index in [0.29, 0.717) is 12.0 Å². The van der Waals surface area contributed by atoms with Gasteiger partial charge in [-0.25, -0.2) is 4.39 Å². The predicted molar refractivity (Wildman–Crippen MR) is 56.7 cm³/mol. The van der Waals surface area contributed by atoms with Crippen LogP contribution in [0.25, 0.3) is 0 Å². The van der Waals surface area contributed by atoms with Crippen LogP contribution in [-0.2, 0) is 0 Å². The largest absolute Gasteiger partial charge is 0.312 e. The molecule has 0 bridgehead atoms. The Balaban J connectivity index is 3.05. The van der Waals surface area contributed by atoms with Crippen LogP contribution in [0.5, 0.6) is 0 Å². The zero-order valence-electron chi connectivity index (χ0n) is 7.85. The fourth-order valence-corrected chi connectivity index (χ4v) is 1.46. The molecule has 1 atom stereocenters. The molecule has 74 valence electrons. The van der Waals surface area contributed by atoms with E-state index < -0.39 is 5.82 Å². The number of hydrogen-bond acceptors (Lipinski definition) is 1. The number of terminal acetylenes is 1. The highest BCUT2D eigenvalue weighted by Crippen LogP contribution is 2.24. The Kier molecular flexibility index (Phi) is 3.94. The molecule has 0 amide bonds. The van der Waals surface area contributed by atoms with Gasteiger partial charge in [-0.1, -0.05) is 23.7 Å². The first-order valence-corrected chi connectivity index (χ1v) is 4.63. The molecule has 1 rings (SSSR count). The van der Waals surface area contributed by atoms with Crippen molar-refractivity contribution in [1.29, 1.82) is 0 Å². The molecule has 3 heteroatoms. The van der Waals surface area contributed by atoms with Crippen LogP contribution in [-0.4, -0.2) is 7.05 Å². The molecule has 0 aliphatic heterocycles. The molecule has 1 nitrogen and oxygen atoms in total. The standard InChI is InChI=1S/C11H11ClFN/c1-3-5-10(14-2)8-6-4-7-9(12)11(8)13/h1,4,6-7,10,14H,5H2,2H3. The van der Waals surface area contributed by atoms with Gasteiger partial charge in [-0.05, 0) is 13.1 Å². The zero-order valence-corrected chi connectivity index (χ0v) is 8.61. The lowest BCUT2D eigenvalue weighted by Gasteiger charge is -2.14. The van der Waals surface area contributed by atoms with Crippen molar-refractivity contribution in [3.63, 3.8) is 0 Å². The molecule has 0 aliphatic carbocycles. The van der Waals surface area contributed by atoms with Crippen LogP contribution >= 0.6 is 11.6 Å². The van der Waals surface area contributed by atoms with Crippen molar-refractivity contribution in [2.24, 2.45) is 0 Å². The molecule has 0 saturated heterocycles. The van der Waals surface area contributed by atoms with Gasteiger partial charge in [-0.2, -0.15) is 0 Å². The molecular weight excluding hydrogens is 201 g/mol. The van der Waals surface area contributed by atoms with Crippen molar-refractivity contribution in [3.8, 4) is 12.3 Å². The first kappa shape index (κ1) is 11.0. The molecule has 0 saturated carbocycles. The van der Waals surface area contributed by atoms with Gasteiger partial charge in [-0.15, -0.1) is 12.3 Å². The van der Waals surface area contributed by atoms with Gasteiger partial charge in [0.2, 0.25) is 0 Å². The van der Waals surface area contributed by atoms with Crippen molar-refractivity contribution in [1.82, 2.24) is 5.32 Å². The monoisotopic (exact) mass is 211 g/mol. The maximum absolute atomic E-state index is 13.5. The van der Waals surface area contributed by atoms with Gasteiger partial charge in [0.15, 0.2) is 0 Å². The van der Waals surface area contributed by atoms with Crippen molar-refractivity contribution in [2.75, 3.05) is 7.05 Å². The Morgan fingerprint density at radius 2 is 2.36 bits per heavy atom. The molecule has 1 unspecified atom stereocenters. The maximum atomic E-state index is 13.5. The lowest BCUT2D eigenvalue weighted by Crippen LogP contribution is -2.17. The van der Waals surface area contributed by atoms with E-state index in [1.807, 2.05) is 0 Å². The third-order valence-electron chi connectivity index (χ3n) is 2.03. The smallest absolute Gasteiger partial charge is 0.146 e. The van der Waals surface area contributed by atoms with E-state index in [9.17, 15) is 4.39 Å². The topological polar surface area (TPSA) is 12.0 Å². The second kappa shape index (κ2) is 4.99. The first-order chi connectivity index (χ1) is 6.70. The summed E-state index contributed by atoms with van der Waals surface area (Å²) in [7, 11) is 1.74. The van der Waals surface area contributed by atoms with E-state index in [2.05, 4.69) is 11.2 Å². The SMILES string of the molecule is C#CCC(NC)c1cccc(Cl)c1F. The molecule has 14 heavy (non-hydrogen) atoms. The molecule has 0 radical (unpaired) electrons. The van der Waals surface area contributed by atoms with Crippen LogP contribution in [0.15, 0.2) is 18.2 Å². The Morgan fingerprint density at radius 3 is 2.93 bits per heavy atom. The average molecular weight is 212 g/mol. The Bertz CT molecular complexity index is 357.